The number of aryl methyl sites for hydroxylation is 2. The lowest BCUT2D eigenvalue weighted by molar-refractivity contribution is 0.533. The normalized spacial score (nSPS) is 14.8. The Balaban J connectivity index is 1.39. The smallest absolute Gasteiger partial charge is 0.191 e. The highest BCUT2D eigenvalue weighted by molar-refractivity contribution is 5.82. The van der Waals surface area contributed by atoms with Crippen LogP contribution >= 0.6 is 0 Å². The van der Waals surface area contributed by atoms with Crippen molar-refractivity contribution in [2.24, 2.45) is 4.99 Å². The molecular weight excluding hydrogens is 340 g/mol. The van der Waals surface area contributed by atoms with Crippen LogP contribution in [0.2, 0.25) is 0 Å². The average Bonchev–Trinajstić information content (AvgIpc) is 3.13. The lowest BCUT2D eigenvalue weighted by atomic mass is 10.1. The molecule has 3 heterocycles. The molecule has 1 aliphatic rings. The first kappa shape index (κ1) is 17.6. The first-order valence-corrected chi connectivity index (χ1v) is 9.58. The summed E-state index contributed by atoms with van der Waals surface area (Å²) >= 11 is 0. The Labute approximate surface area is 158 Å². The van der Waals surface area contributed by atoms with Gasteiger partial charge in [0.1, 0.15) is 17.2 Å². The molecule has 0 aliphatic carbocycles. The van der Waals surface area contributed by atoms with Crippen molar-refractivity contribution in [3.8, 4) is 0 Å². The van der Waals surface area contributed by atoms with E-state index >= 15 is 0 Å². The van der Waals surface area contributed by atoms with Crippen molar-refractivity contribution in [1.29, 1.82) is 0 Å². The second-order valence-electron chi connectivity index (χ2n) is 6.92. The van der Waals surface area contributed by atoms with Crippen LogP contribution in [-0.2, 0) is 26.1 Å². The molecule has 7 heteroatoms. The molecule has 2 N–H and O–H groups in total. The molecule has 3 aromatic rings. The molecule has 2 aromatic heterocycles. The summed E-state index contributed by atoms with van der Waals surface area (Å²) < 4.78 is 8.21. The van der Waals surface area contributed by atoms with E-state index in [1.54, 1.807) is 7.05 Å². The van der Waals surface area contributed by atoms with Crippen LogP contribution in [0.1, 0.15) is 42.2 Å². The third kappa shape index (κ3) is 3.67. The van der Waals surface area contributed by atoms with E-state index in [4.69, 9.17) is 4.42 Å². The van der Waals surface area contributed by atoms with Crippen LogP contribution in [0.25, 0.3) is 11.0 Å². The number of hydrogen-bond acceptors (Lipinski definition) is 4. The second kappa shape index (κ2) is 7.82. The van der Waals surface area contributed by atoms with Gasteiger partial charge in [0.2, 0.25) is 0 Å². The zero-order chi connectivity index (χ0) is 18.6. The molecule has 0 saturated carbocycles. The minimum absolute atomic E-state index is 0.581. The van der Waals surface area contributed by atoms with E-state index in [1.807, 2.05) is 18.2 Å². The molecule has 1 aromatic carbocycles. The number of rotatable bonds is 4. The molecule has 0 unspecified atom stereocenters. The monoisotopic (exact) mass is 366 g/mol. The number of aliphatic imine (C=N–C) groups is 1. The van der Waals surface area contributed by atoms with Crippen LogP contribution in [0.4, 0.5) is 0 Å². The first-order chi connectivity index (χ1) is 13.3. The summed E-state index contributed by atoms with van der Waals surface area (Å²) in [6, 6.07) is 8.10. The van der Waals surface area contributed by atoms with Crippen molar-refractivity contribution in [3.05, 3.63) is 47.2 Å². The van der Waals surface area contributed by atoms with E-state index in [9.17, 15) is 0 Å². The summed E-state index contributed by atoms with van der Waals surface area (Å²) in [6.45, 7) is 4.28. The molecule has 0 atom stereocenters. The molecule has 0 radical (unpaired) electrons. The Morgan fingerprint density at radius 3 is 2.85 bits per heavy atom. The SMILES string of the molecule is CN=C(NCc1oc2ccccc2c1C)NCc1nnc2n1CCCCC2. The summed E-state index contributed by atoms with van der Waals surface area (Å²) in [5, 5.41) is 16.5. The van der Waals surface area contributed by atoms with Crippen molar-refractivity contribution in [1.82, 2.24) is 25.4 Å². The van der Waals surface area contributed by atoms with Gasteiger partial charge in [0.25, 0.3) is 0 Å². The van der Waals surface area contributed by atoms with Crippen molar-refractivity contribution in [2.45, 2.75) is 52.2 Å². The van der Waals surface area contributed by atoms with Crippen molar-refractivity contribution >= 4 is 16.9 Å². The van der Waals surface area contributed by atoms with Crippen molar-refractivity contribution in [3.63, 3.8) is 0 Å². The Hall–Kier alpha value is -2.83. The number of fused-ring (bicyclic) bond motifs is 2. The third-order valence-electron chi connectivity index (χ3n) is 5.18. The minimum Gasteiger partial charge on any atom is -0.459 e. The highest BCUT2D eigenvalue weighted by Crippen LogP contribution is 2.24. The highest BCUT2D eigenvalue weighted by atomic mass is 16.3. The first-order valence-electron chi connectivity index (χ1n) is 9.58. The molecule has 0 amide bonds. The van der Waals surface area contributed by atoms with E-state index in [0.29, 0.717) is 13.1 Å². The Morgan fingerprint density at radius 1 is 1.15 bits per heavy atom. The predicted molar refractivity (Wildman–Crippen MR) is 106 cm³/mol. The maximum absolute atomic E-state index is 5.96. The molecule has 142 valence electrons. The van der Waals surface area contributed by atoms with Gasteiger partial charge in [-0.05, 0) is 25.8 Å². The summed E-state index contributed by atoms with van der Waals surface area (Å²) in [4.78, 5) is 4.31. The van der Waals surface area contributed by atoms with Crippen LogP contribution in [0.15, 0.2) is 33.7 Å². The molecule has 0 spiro atoms. The topological polar surface area (TPSA) is 80.3 Å². The number of guanidine groups is 1. The summed E-state index contributed by atoms with van der Waals surface area (Å²) in [5.41, 5.74) is 2.08. The van der Waals surface area contributed by atoms with Gasteiger partial charge >= 0.3 is 0 Å². The van der Waals surface area contributed by atoms with Gasteiger partial charge in [-0.1, -0.05) is 24.6 Å². The van der Waals surface area contributed by atoms with Gasteiger partial charge in [-0.25, -0.2) is 0 Å². The summed E-state index contributed by atoms with van der Waals surface area (Å²) in [5.74, 6) is 3.72. The van der Waals surface area contributed by atoms with Gasteiger partial charge < -0.3 is 19.6 Å². The molecule has 0 bridgehead atoms. The number of benzene rings is 1. The number of furan rings is 1. The van der Waals surface area contributed by atoms with Gasteiger partial charge in [-0.3, -0.25) is 4.99 Å². The molecule has 1 aliphatic heterocycles. The van der Waals surface area contributed by atoms with Crippen LogP contribution in [-0.4, -0.2) is 27.8 Å². The van der Waals surface area contributed by atoms with E-state index in [-0.39, 0.29) is 0 Å². The van der Waals surface area contributed by atoms with E-state index in [0.717, 1.165) is 52.9 Å². The van der Waals surface area contributed by atoms with Gasteiger partial charge in [0.05, 0.1) is 13.1 Å². The summed E-state index contributed by atoms with van der Waals surface area (Å²) in [7, 11) is 1.77. The fourth-order valence-electron chi connectivity index (χ4n) is 3.62. The highest BCUT2D eigenvalue weighted by Gasteiger charge is 2.15. The van der Waals surface area contributed by atoms with Crippen molar-refractivity contribution in [2.75, 3.05) is 7.05 Å². The number of nitrogens with one attached hydrogen (secondary N) is 2. The van der Waals surface area contributed by atoms with Gasteiger partial charge in [-0.15, -0.1) is 10.2 Å². The number of para-hydroxylation sites is 1. The maximum Gasteiger partial charge on any atom is 0.191 e. The Bertz CT molecular complexity index is 955. The zero-order valence-electron chi connectivity index (χ0n) is 16.0. The molecular formula is C20H26N6O. The van der Waals surface area contributed by atoms with Gasteiger partial charge in [0, 0.05) is 31.0 Å². The van der Waals surface area contributed by atoms with Crippen LogP contribution < -0.4 is 10.6 Å². The summed E-state index contributed by atoms with van der Waals surface area (Å²) in [6.07, 6.45) is 4.67. The molecule has 7 nitrogen and oxygen atoms in total. The zero-order valence-corrected chi connectivity index (χ0v) is 16.0. The largest absolute Gasteiger partial charge is 0.459 e. The predicted octanol–water partition coefficient (Wildman–Crippen LogP) is 2.92. The molecule has 27 heavy (non-hydrogen) atoms. The second-order valence-corrected chi connectivity index (χ2v) is 6.92. The lowest BCUT2D eigenvalue weighted by Gasteiger charge is -2.12. The molecule has 0 fully saturated rings. The quantitative estimate of drug-likeness (QED) is 0.548. The van der Waals surface area contributed by atoms with Crippen LogP contribution in [0, 0.1) is 6.92 Å². The minimum atomic E-state index is 0.581. The van der Waals surface area contributed by atoms with E-state index in [2.05, 4.69) is 43.4 Å². The van der Waals surface area contributed by atoms with Gasteiger partial charge in [0.15, 0.2) is 11.8 Å². The average molecular weight is 366 g/mol. The number of nitrogens with zero attached hydrogens (tertiary/aromatic N) is 4. The molecule has 4 rings (SSSR count). The Kier molecular flexibility index (Phi) is 5.09. The van der Waals surface area contributed by atoms with Gasteiger partial charge in [-0.2, -0.15) is 0 Å². The number of hydrogen-bond donors (Lipinski definition) is 2. The van der Waals surface area contributed by atoms with Crippen LogP contribution in [0.5, 0.6) is 0 Å². The lowest BCUT2D eigenvalue weighted by Crippen LogP contribution is -2.37. The number of aromatic nitrogens is 3. The third-order valence-corrected chi connectivity index (χ3v) is 5.18. The van der Waals surface area contributed by atoms with Crippen LogP contribution in [0.3, 0.4) is 0 Å². The fourth-order valence-corrected chi connectivity index (χ4v) is 3.62. The fraction of sp³-hybridized carbons (Fsp3) is 0.450. The maximum atomic E-state index is 5.96. The molecule has 0 saturated heterocycles. The van der Waals surface area contributed by atoms with Crippen molar-refractivity contribution < 1.29 is 4.42 Å². The standard InChI is InChI=1S/C20H26N6O/c1-14-15-8-5-6-9-16(15)27-17(14)12-22-20(21-2)23-13-19-25-24-18-10-4-3-7-11-26(18)19/h5-6,8-9H,3-4,7,10-13H2,1-2H3,(H2,21,22,23). The van der Waals surface area contributed by atoms with E-state index in [1.165, 1.54) is 19.3 Å². The van der Waals surface area contributed by atoms with E-state index < -0.39 is 0 Å². The Morgan fingerprint density at radius 2 is 2.00 bits per heavy atom.